The van der Waals surface area contributed by atoms with Crippen molar-refractivity contribution in [3.63, 3.8) is 0 Å². The fourth-order valence-corrected chi connectivity index (χ4v) is 1.13. The van der Waals surface area contributed by atoms with E-state index in [1.54, 1.807) is 12.3 Å². The van der Waals surface area contributed by atoms with Crippen LogP contribution in [0.5, 0.6) is 0 Å². The lowest BCUT2D eigenvalue weighted by atomic mass is 10.4. The molecular formula is C7H7NS. The predicted octanol–water partition coefficient (Wildman–Crippen LogP) is 0.520. The van der Waals surface area contributed by atoms with Gasteiger partial charge in [0.05, 0.1) is 4.53 Å². The van der Waals surface area contributed by atoms with Crippen LogP contribution in [0, 0.1) is 0 Å². The summed E-state index contributed by atoms with van der Waals surface area (Å²) >= 11 is 1.43. The minimum absolute atomic E-state index is 0.972. The van der Waals surface area contributed by atoms with Crippen LogP contribution in [-0.4, -0.2) is 4.37 Å². The maximum absolute atomic E-state index is 3.94. The molecule has 0 aromatic carbocycles. The molecular weight excluding hydrogens is 130 g/mol. The van der Waals surface area contributed by atoms with E-state index < -0.39 is 0 Å². The van der Waals surface area contributed by atoms with Crippen molar-refractivity contribution in [2.24, 2.45) is 0 Å². The zero-order valence-electron chi connectivity index (χ0n) is 5.00. The lowest BCUT2D eigenvalue weighted by molar-refractivity contribution is 1.54. The van der Waals surface area contributed by atoms with E-state index in [2.05, 4.69) is 17.5 Å². The van der Waals surface area contributed by atoms with Crippen molar-refractivity contribution in [3.05, 3.63) is 28.6 Å². The minimum atomic E-state index is 0.972. The van der Waals surface area contributed by atoms with Gasteiger partial charge in [0.25, 0.3) is 0 Å². The van der Waals surface area contributed by atoms with Crippen LogP contribution in [0.3, 0.4) is 0 Å². The summed E-state index contributed by atoms with van der Waals surface area (Å²) in [5.74, 6) is 0. The normalized spacial score (nSPS) is 11.8. The maximum atomic E-state index is 3.94. The van der Waals surface area contributed by atoms with Crippen LogP contribution < -0.4 is 9.75 Å². The number of aromatic nitrogens is 1. The van der Waals surface area contributed by atoms with E-state index in [9.17, 15) is 0 Å². The van der Waals surface area contributed by atoms with Crippen molar-refractivity contribution in [3.8, 4) is 0 Å². The van der Waals surface area contributed by atoms with Gasteiger partial charge in [0, 0.05) is 11.4 Å². The summed E-state index contributed by atoms with van der Waals surface area (Å²) in [5, 5.41) is 0.972. The van der Waals surface area contributed by atoms with E-state index in [1.807, 2.05) is 6.08 Å². The zero-order valence-corrected chi connectivity index (χ0v) is 5.82. The van der Waals surface area contributed by atoms with Gasteiger partial charge in [-0.05, 0) is 17.6 Å². The molecule has 0 aliphatic heterocycles. The van der Waals surface area contributed by atoms with E-state index in [0.29, 0.717) is 0 Å². The quantitative estimate of drug-likeness (QED) is 0.550. The van der Waals surface area contributed by atoms with Crippen molar-refractivity contribution in [1.29, 1.82) is 0 Å². The molecule has 0 radical (unpaired) electrons. The second-order valence-corrected chi connectivity index (χ2v) is 2.45. The van der Waals surface area contributed by atoms with E-state index in [-0.39, 0.29) is 0 Å². The monoisotopic (exact) mass is 137 g/mol. The third kappa shape index (κ3) is 1.27. The maximum Gasteiger partial charge on any atom is 0.0543 e. The molecule has 1 rings (SSSR count). The van der Waals surface area contributed by atoms with Gasteiger partial charge in [-0.1, -0.05) is 19.2 Å². The Hall–Kier alpha value is -0.890. The first-order valence-corrected chi connectivity index (χ1v) is 3.34. The highest BCUT2D eigenvalue weighted by Crippen LogP contribution is 1.71. The second kappa shape index (κ2) is 2.60. The number of allylic oxidation sites excluding steroid dienone is 1. The Balaban J connectivity index is 3.39. The first-order valence-electron chi connectivity index (χ1n) is 2.57. The lowest BCUT2D eigenvalue weighted by Crippen LogP contribution is -2.14. The summed E-state index contributed by atoms with van der Waals surface area (Å²) in [6.07, 6.45) is 5.39. The van der Waals surface area contributed by atoms with Crippen molar-refractivity contribution in [2.75, 3.05) is 0 Å². The fraction of sp³-hybridized carbons (Fsp3) is 0. The lowest BCUT2D eigenvalue weighted by Gasteiger charge is -1.66. The standard InChI is InChI=1S/C7H7NS/c1-3-4-7-6(2)5-8-9-7/h3-5H,1-2H2/b7-4+. The van der Waals surface area contributed by atoms with Gasteiger partial charge in [0.2, 0.25) is 0 Å². The van der Waals surface area contributed by atoms with Gasteiger partial charge in [-0.15, -0.1) is 0 Å². The van der Waals surface area contributed by atoms with Gasteiger partial charge in [-0.3, -0.25) is 0 Å². The van der Waals surface area contributed by atoms with Crippen LogP contribution >= 0.6 is 11.5 Å². The number of rotatable bonds is 1. The molecule has 2 heteroatoms. The molecule has 0 fully saturated rings. The molecule has 0 spiro atoms. The molecule has 0 aliphatic carbocycles. The zero-order chi connectivity index (χ0) is 6.69. The van der Waals surface area contributed by atoms with Crippen LogP contribution in [0.25, 0.3) is 12.7 Å². The predicted molar refractivity (Wildman–Crippen MR) is 41.5 cm³/mol. The molecule has 9 heavy (non-hydrogen) atoms. The van der Waals surface area contributed by atoms with Crippen LogP contribution in [0.4, 0.5) is 0 Å². The van der Waals surface area contributed by atoms with E-state index in [4.69, 9.17) is 0 Å². The molecule has 1 aromatic heterocycles. The molecule has 0 saturated heterocycles. The third-order valence-electron chi connectivity index (χ3n) is 0.945. The molecule has 0 unspecified atom stereocenters. The average Bonchev–Trinajstić information content (AvgIpc) is 2.18. The molecule has 0 aliphatic rings. The molecule has 0 bridgehead atoms. The first-order chi connectivity index (χ1) is 4.34. The molecule has 0 saturated carbocycles. The number of nitrogens with zero attached hydrogens (tertiary/aromatic N) is 1. The molecule has 46 valence electrons. The number of hydrogen-bond acceptors (Lipinski definition) is 2. The van der Waals surface area contributed by atoms with Crippen LogP contribution in [-0.2, 0) is 0 Å². The molecule has 1 aromatic rings. The van der Waals surface area contributed by atoms with Gasteiger partial charge in [-0.2, -0.15) is 4.37 Å². The summed E-state index contributed by atoms with van der Waals surface area (Å²) in [4.78, 5) is 0. The minimum Gasteiger partial charge on any atom is -0.200 e. The van der Waals surface area contributed by atoms with Crippen molar-refractivity contribution in [2.45, 2.75) is 0 Å². The van der Waals surface area contributed by atoms with Crippen LogP contribution in [0.2, 0.25) is 0 Å². The van der Waals surface area contributed by atoms with E-state index >= 15 is 0 Å². The Morgan fingerprint density at radius 2 is 2.44 bits per heavy atom. The van der Waals surface area contributed by atoms with Crippen molar-refractivity contribution < 1.29 is 0 Å². The van der Waals surface area contributed by atoms with Gasteiger partial charge in [-0.25, -0.2) is 0 Å². The summed E-state index contributed by atoms with van der Waals surface area (Å²) < 4.78 is 5.03. The highest BCUT2D eigenvalue weighted by molar-refractivity contribution is 7.03. The molecule has 0 amide bonds. The molecule has 1 nitrogen and oxygen atoms in total. The summed E-state index contributed by atoms with van der Waals surface area (Å²) in [7, 11) is 0. The molecule has 1 heterocycles. The SMILES string of the molecule is C=C/C=c1/sncc1=C. The largest absolute Gasteiger partial charge is 0.200 e. The Morgan fingerprint density at radius 1 is 1.67 bits per heavy atom. The van der Waals surface area contributed by atoms with Gasteiger partial charge in [0.15, 0.2) is 0 Å². The Morgan fingerprint density at radius 3 is 2.89 bits per heavy atom. The summed E-state index contributed by atoms with van der Waals surface area (Å²) in [6.45, 7) is 7.34. The van der Waals surface area contributed by atoms with Crippen molar-refractivity contribution in [1.82, 2.24) is 4.37 Å². The topological polar surface area (TPSA) is 12.9 Å². The Labute approximate surface area is 57.8 Å². The van der Waals surface area contributed by atoms with Gasteiger partial charge >= 0.3 is 0 Å². The van der Waals surface area contributed by atoms with Crippen LogP contribution in [0.1, 0.15) is 0 Å². The molecule has 0 atom stereocenters. The smallest absolute Gasteiger partial charge is 0.0543 e. The second-order valence-electron chi connectivity index (χ2n) is 1.62. The first kappa shape index (κ1) is 6.23. The highest BCUT2D eigenvalue weighted by Gasteiger charge is 1.79. The summed E-state index contributed by atoms with van der Waals surface area (Å²) in [5.41, 5.74) is 0. The van der Waals surface area contributed by atoms with Crippen molar-refractivity contribution >= 4 is 24.2 Å². The van der Waals surface area contributed by atoms with Gasteiger partial charge < -0.3 is 0 Å². The molecule has 0 N–H and O–H groups in total. The number of hydrogen-bond donors (Lipinski definition) is 0. The van der Waals surface area contributed by atoms with Crippen LogP contribution in [0.15, 0.2) is 18.9 Å². The Kier molecular flexibility index (Phi) is 1.80. The fourth-order valence-electron chi connectivity index (χ4n) is 0.514. The van der Waals surface area contributed by atoms with Gasteiger partial charge in [0.1, 0.15) is 0 Å². The van der Waals surface area contributed by atoms with E-state index in [0.717, 1.165) is 9.75 Å². The van der Waals surface area contributed by atoms with E-state index in [1.165, 1.54) is 11.5 Å². The Bertz CT molecular complexity index is 297. The third-order valence-corrected chi connectivity index (χ3v) is 1.75. The summed E-state index contributed by atoms with van der Waals surface area (Å²) in [6, 6.07) is 0. The highest BCUT2D eigenvalue weighted by atomic mass is 32.1. The average molecular weight is 137 g/mol.